The van der Waals surface area contributed by atoms with E-state index in [0.717, 1.165) is 112 Å². The number of pyridine rings is 1. The molecule has 0 unspecified atom stereocenters. The molecule has 0 aliphatic heterocycles. The van der Waals surface area contributed by atoms with Gasteiger partial charge in [0.25, 0.3) is 0 Å². The zero-order valence-electron chi connectivity index (χ0n) is 39.9. The molecule has 0 spiro atoms. The Labute approximate surface area is 443 Å². The molecule has 0 atom stereocenters. The third-order valence-corrected chi connectivity index (χ3v) is 19.2. The molecule has 0 saturated heterocycles. The van der Waals surface area contributed by atoms with E-state index < -0.39 is 0 Å². The molecule has 0 radical (unpaired) electrons. The van der Waals surface area contributed by atoms with Crippen molar-refractivity contribution in [2.24, 2.45) is 0 Å². The summed E-state index contributed by atoms with van der Waals surface area (Å²) in [6.45, 7) is 9.64. The number of nitriles is 1. The minimum atomic E-state index is 0.377. The molecule has 76 heavy (non-hydrogen) atoms. The maximum absolute atomic E-state index is 12.4. The van der Waals surface area contributed by atoms with Crippen LogP contribution in [0.2, 0.25) is 0 Å². The Balaban J connectivity index is 1.20. The van der Waals surface area contributed by atoms with Crippen LogP contribution in [-0.2, 0) is 0 Å². The van der Waals surface area contributed by atoms with E-state index in [9.17, 15) is 11.8 Å². The van der Waals surface area contributed by atoms with Crippen LogP contribution in [0.25, 0.3) is 165 Å². The fraction of sp³-hybridized carbons (Fsp3) is 0. The lowest BCUT2D eigenvalue weighted by atomic mass is 9.89. The number of thiophene rings is 3. The number of hydrogen-bond donors (Lipinski definition) is 0. The van der Waals surface area contributed by atoms with Gasteiger partial charge in [0, 0.05) is 108 Å². The van der Waals surface area contributed by atoms with Crippen LogP contribution in [-0.4, -0.2) is 14.1 Å². The Hall–Kier alpha value is -9.61. The minimum Gasteiger partial charge on any atom is -0.454 e. The van der Waals surface area contributed by atoms with Crippen LogP contribution >= 0.6 is 34.0 Å². The third-order valence-electron chi connectivity index (χ3n) is 15.7. The SMILES string of the molecule is [C-]#[N+]c1c(-c2ccccc2)c(C#N)c(-n2c3c(ccc4c5ccccc5oc43)c3ccc4c5ccccc5sc4c32)c(-c2cccnc2)c1-n1c2c(ccc3c4ccccc4sc32)c2ccc3c4ccccc4sc3c21. The first kappa shape index (κ1) is 41.8. The van der Waals surface area contributed by atoms with E-state index >= 15 is 0 Å². The van der Waals surface area contributed by atoms with Gasteiger partial charge >= 0.3 is 0 Å². The number of hydrogen-bond acceptors (Lipinski definition) is 6. The van der Waals surface area contributed by atoms with Gasteiger partial charge in [-0.3, -0.25) is 4.98 Å². The summed E-state index contributed by atoms with van der Waals surface area (Å²) < 4.78 is 18.8. The van der Waals surface area contributed by atoms with E-state index in [4.69, 9.17) is 14.2 Å². The van der Waals surface area contributed by atoms with Crippen molar-refractivity contribution >= 4 is 166 Å². The molecule has 0 aliphatic rings. The molecule has 17 aromatic rings. The van der Waals surface area contributed by atoms with E-state index in [0.29, 0.717) is 28.2 Å². The average Bonchev–Trinajstić information content (AvgIpc) is 4.41. The van der Waals surface area contributed by atoms with Crippen LogP contribution in [0, 0.1) is 17.9 Å². The second-order valence-electron chi connectivity index (χ2n) is 19.4. The Morgan fingerprint density at radius 3 is 1.42 bits per heavy atom. The van der Waals surface area contributed by atoms with Gasteiger partial charge in [-0.05, 0) is 42.0 Å². The predicted octanol–water partition coefficient (Wildman–Crippen LogP) is 20.0. The van der Waals surface area contributed by atoms with Crippen molar-refractivity contribution in [3.05, 3.63) is 217 Å². The molecule has 10 aromatic carbocycles. The number of fused-ring (bicyclic) bond motifs is 22. The fourth-order valence-corrected chi connectivity index (χ4v) is 16.3. The summed E-state index contributed by atoms with van der Waals surface area (Å²) in [6, 6.07) is 69.1. The highest BCUT2D eigenvalue weighted by atomic mass is 32.1. The van der Waals surface area contributed by atoms with Crippen molar-refractivity contribution in [1.29, 1.82) is 5.26 Å². The summed E-state index contributed by atoms with van der Waals surface area (Å²) >= 11 is 5.33. The van der Waals surface area contributed by atoms with Gasteiger partial charge in [-0.1, -0.05) is 152 Å². The number of nitrogens with zero attached hydrogens (tertiary/aromatic N) is 5. The van der Waals surface area contributed by atoms with E-state index in [-0.39, 0.29) is 0 Å². The first-order valence-corrected chi connectivity index (χ1v) is 27.5. The summed E-state index contributed by atoms with van der Waals surface area (Å²) in [5.41, 5.74) is 10.2. The van der Waals surface area contributed by atoms with Gasteiger partial charge in [-0.2, -0.15) is 5.26 Å². The third kappa shape index (κ3) is 5.42. The Morgan fingerprint density at radius 2 is 0.895 bits per heavy atom. The van der Waals surface area contributed by atoms with Gasteiger partial charge in [-0.25, -0.2) is 4.85 Å². The van der Waals surface area contributed by atoms with Crippen molar-refractivity contribution < 1.29 is 4.42 Å². The molecule has 0 amide bonds. The quantitative estimate of drug-likeness (QED) is 0.165. The molecule has 350 valence electrons. The molecule has 6 nitrogen and oxygen atoms in total. The monoisotopic (exact) mass is 1020 g/mol. The molecule has 7 heterocycles. The molecule has 17 rings (SSSR count). The zero-order chi connectivity index (χ0) is 49.9. The van der Waals surface area contributed by atoms with Gasteiger partial charge in [0.15, 0.2) is 5.58 Å². The molecule has 7 aromatic heterocycles. The van der Waals surface area contributed by atoms with Gasteiger partial charge in [0.05, 0.1) is 59.7 Å². The molecular formula is C67H33N5OS3. The Bertz CT molecular complexity index is 4950. The van der Waals surface area contributed by atoms with Gasteiger partial charge in [0.1, 0.15) is 11.7 Å². The smallest absolute Gasteiger partial charge is 0.220 e. The summed E-state index contributed by atoms with van der Waals surface area (Å²) in [5.74, 6) is 0. The highest BCUT2D eigenvalue weighted by Gasteiger charge is 2.34. The molecule has 0 saturated carbocycles. The zero-order valence-corrected chi connectivity index (χ0v) is 42.4. The molecule has 0 aliphatic carbocycles. The number of rotatable bonds is 4. The highest BCUT2D eigenvalue weighted by molar-refractivity contribution is 7.27. The van der Waals surface area contributed by atoms with E-state index in [2.05, 4.69) is 155 Å². The Kier molecular flexibility index (Phi) is 8.51. The second kappa shape index (κ2) is 15.5. The van der Waals surface area contributed by atoms with Gasteiger partial charge in [0.2, 0.25) is 5.69 Å². The van der Waals surface area contributed by atoms with Crippen LogP contribution in [0.4, 0.5) is 5.69 Å². The lowest BCUT2D eigenvalue weighted by Crippen LogP contribution is -2.09. The lowest BCUT2D eigenvalue weighted by molar-refractivity contribution is 0.671. The lowest BCUT2D eigenvalue weighted by Gasteiger charge is -2.26. The van der Waals surface area contributed by atoms with Crippen molar-refractivity contribution in [1.82, 2.24) is 14.1 Å². The molecule has 9 heteroatoms. The van der Waals surface area contributed by atoms with Crippen molar-refractivity contribution in [2.45, 2.75) is 0 Å². The van der Waals surface area contributed by atoms with Crippen molar-refractivity contribution in [3.63, 3.8) is 0 Å². The minimum absolute atomic E-state index is 0.377. The van der Waals surface area contributed by atoms with Crippen LogP contribution in [0.15, 0.2) is 205 Å². The number of para-hydroxylation sites is 1. The molecular weight excluding hydrogens is 987 g/mol. The number of furan rings is 1. The maximum atomic E-state index is 12.4. The standard InChI is InChI=1S/C67H33N5OS3/c1-69-57-55(36-14-3-2-4-15-36)50(34-68)58(71-59-42(25-29-46-38-17-5-9-21-51(38)73-64(46)59)43-26-30-47-39-18-6-10-22-52(39)74-65(47)60(43)71)56(37-16-13-33-70-35-37)63(57)72-61-44(27-31-48-40-19-7-11-23-53(40)75-66(48)61)45-28-32-49-41-20-8-12-24-54(41)76-67(49)62(45)72/h2-33,35H. The summed E-state index contributed by atoms with van der Waals surface area (Å²) in [7, 11) is 0. The predicted molar refractivity (Wildman–Crippen MR) is 321 cm³/mol. The van der Waals surface area contributed by atoms with Crippen molar-refractivity contribution in [2.75, 3.05) is 0 Å². The van der Waals surface area contributed by atoms with Crippen molar-refractivity contribution in [3.8, 4) is 39.7 Å². The summed E-state index contributed by atoms with van der Waals surface area (Å²) in [6.07, 6.45) is 3.69. The largest absolute Gasteiger partial charge is 0.454 e. The summed E-state index contributed by atoms with van der Waals surface area (Å²) in [4.78, 5) is 9.57. The second-order valence-corrected chi connectivity index (χ2v) is 22.6. The van der Waals surface area contributed by atoms with E-state index in [1.807, 2.05) is 54.7 Å². The molecule has 0 bridgehead atoms. The van der Waals surface area contributed by atoms with E-state index in [1.54, 1.807) is 40.2 Å². The highest BCUT2D eigenvalue weighted by Crippen LogP contribution is 2.56. The average molecular weight is 1020 g/mol. The van der Waals surface area contributed by atoms with Gasteiger partial charge < -0.3 is 13.6 Å². The normalized spacial score (nSPS) is 12.2. The first-order chi connectivity index (χ1) is 37.7. The first-order valence-electron chi connectivity index (χ1n) is 25.0. The van der Waals surface area contributed by atoms with E-state index in [1.165, 1.54) is 30.3 Å². The molecule has 0 N–H and O–H groups in total. The number of aromatic nitrogens is 3. The Morgan fingerprint density at radius 1 is 0.434 bits per heavy atom. The van der Waals surface area contributed by atoms with Crippen LogP contribution in [0.5, 0.6) is 0 Å². The summed E-state index contributed by atoms with van der Waals surface area (Å²) in [5, 5.41) is 25.5. The fourth-order valence-electron chi connectivity index (χ4n) is 12.6. The number of benzene rings is 10. The van der Waals surface area contributed by atoms with Gasteiger partial charge in [-0.15, -0.1) is 34.0 Å². The van der Waals surface area contributed by atoms with Crippen LogP contribution < -0.4 is 0 Å². The van der Waals surface area contributed by atoms with Crippen LogP contribution in [0.3, 0.4) is 0 Å². The topological polar surface area (TPSA) is 64.0 Å². The van der Waals surface area contributed by atoms with Crippen LogP contribution in [0.1, 0.15) is 5.56 Å². The maximum Gasteiger partial charge on any atom is 0.220 e. The molecule has 0 fully saturated rings.